The molecular formula is C18H28FN. The average molecular weight is 277 g/mol. The van der Waals surface area contributed by atoms with Crippen LogP contribution in [-0.4, -0.2) is 6.54 Å². The zero-order chi connectivity index (χ0) is 14.4. The number of aryl methyl sites for hydroxylation is 1. The molecule has 1 fully saturated rings. The van der Waals surface area contributed by atoms with Crippen molar-refractivity contribution in [3.63, 3.8) is 0 Å². The summed E-state index contributed by atoms with van der Waals surface area (Å²) in [6.07, 6.45) is 9.09. The highest BCUT2D eigenvalue weighted by molar-refractivity contribution is 5.27. The lowest BCUT2D eigenvalue weighted by molar-refractivity contribution is 0.286. The molecular weight excluding hydrogens is 249 g/mol. The topological polar surface area (TPSA) is 12.0 Å². The Hall–Kier alpha value is -0.890. The smallest absolute Gasteiger partial charge is 0.128 e. The van der Waals surface area contributed by atoms with Crippen LogP contribution < -0.4 is 5.32 Å². The first kappa shape index (κ1) is 15.5. The standard InChI is InChI=1S/C18H28FN/c1-3-20-18(15-9-7-5-4-6-8-10-15)16-13-14(2)11-12-17(16)19/h11-13,15,18,20H,3-10H2,1-2H3. The zero-order valence-electron chi connectivity index (χ0n) is 12.9. The SMILES string of the molecule is CCNC(c1cc(C)ccc1F)C1CCCCCCC1. The molecule has 1 N–H and O–H groups in total. The van der Waals surface area contributed by atoms with E-state index in [2.05, 4.69) is 12.2 Å². The van der Waals surface area contributed by atoms with E-state index in [1.807, 2.05) is 19.1 Å². The fourth-order valence-electron chi connectivity index (χ4n) is 3.47. The van der Waals surface area contributed by atoms with Gasteiger partial charge >= 0.3 is 0 Å². The average Bonchev–Trinajstić information content (AvgIpc) is 2.40. The fourth-order valence-corrected chi connectivity index (χ4v) is 3.47. The first-order chi connectivity index (χ1) is 9.72. The summed E-state index contributed by atoms with van der Waals surface area (Å²) in [5, 5.41) is 3.54. The van der Waals surface area contributed by atoms with Crippen molar-refractivity contribution < 1.29 is 4.39 Å². The van der Waals surface area contributed by atoms with E-state index in [9.17, 15) is 4.39 Å². The molecule has 0 aliphatic heterocycles. The normalized spacial score (nSPS) is 19.4. The summed E-state index contributed by atoms with van der Waals surface area (Å²) in [5.74, 6) is 0.523. The van der Waals surface area contributed by atoms with E-state index in [0.717, 1.165) is 17.7 Å². The predicted molar refractivity (Wildman–Crippen MR) is 83.4 cm³/mol. The Morgan fingerprint density at radius 1 is 1.15 bits per heavy atom. The predicted octanol–water partition coefficient (Wildman–Crippen LogP) is 5.15. The maximum atomic E-state index is 14.2. The van der Waals surface area contributed by atoms with Crippen LogP contribution in [-0.2, 0) is 0 Å². The van der Waals surface area contributed by atoms with Gasteiger partial charge in [0.05, 0.1) is 0 Å². The van der Waals surface area contributed by atoms with E-state index in [1.54, 1.807) is 6.07 Å². The molecule has 0 aromatic heterocycles. The third kappa shape index (κ3) is 4.05. The Labute approximate surface area is 123 Å². The van der Waals surface area contributed by atoms with E-state index in [4.69, 9.17) is 0 Å². The van der Waals surface area contributed by atoms with Crippen LogP contribution in [0.15, 0.2) is 18.2 Å². The molecule has 0 radical (unpaired) electrons. The van der Waals surface area contributed by atoms with Crippen LogP contribution in [0.5, 0.6) is 0 Å². The van der Waals surface area contributed by atoms with Crippen molar-refractivity contribution >= 4 is 0 Å². The Morgan fingerprint density at radius 2 is 1.80 bits per heavy atom. The number of hydrogen-bond acceptors (Lipinski definition) is 1. The molecule has 1 aliphatic rings. The molecule has 1 saturated carbocycles. The highest BCUT2D eigenvalue weighted by atomic mass is 19.1. The van der Waals surface area contributed by atoms with Gasteiger partial charge in [0.25, 0.3) is 0 Å². The summed E-state index contributed by atoms with van der Waals surface area (Å²) >= 11 is 0. The molecule has 2 rings (SSSR count). The summed E-state index contributed by atoms with van der Waals surface area (Å²) in [6.45, 7) is 5.06. The van der Waals surface area contributed by atoms with Crippen LogP contribution in [0.1, 0.15) is 69.0 Å². The summed E-state index contributed by atoms with van der Waals surface area (Å²) in [6, 6.07) is 5.69. The molecule has 1 nitrogen and oxygen atoms in total. The number of hydrogen-bond donors (Lipinski definition) is 1. The fraction of sp³-hybridized carbons (Fsp3) is 0.667. The van der Waals surface area contributed by atoms with Gasteiger partial charge in [-0.25, -0.2) is 4.39 Å². The van der Waals surface area contributed by atoms with Gasteiger partial charge in [0, 0.05) is 11.6 Å². The minimum Gasteiger partial charge on any atom is -0.310 e. The van der Waals surface area contributed by atoms with Gasteiger partial charge in [0.15, 0.2) is 0 Å². The van der Waals surface area contributed by atoms with Crippen LogP contribution in [0.4, 0.5) is 4.39 Å². The first-order valence-corrected chi connectivity index (χ1v) is 8.21. The second-order valence-corrected chi connectivity index (χ2v) is 6.17. The second kappa shape index (κ2) is 7.78. The summed E-state index contributed by atoms with van der Waals surface area (Å²) in [5.41, 5.74) is 2.02. The molecule has 1 unspecified atom stereocenters. The molecule has 20 heavy (non-hydrogen) atoms. The maximum absolute atomic E-state index is 14.2. The zero-order valence-corrected chi connectivity index (χ0v) is 12.9. The number of halogens is 1. The summed E-state index contributed by atoms with van der Waals surface area (Å²) in [7, 11) is 0. The molecule has 1 atom stereocenters. The van der Waals surface area contributed by atoms with E-state index in [1.165, 1.54) is 44.9 Å². The van der Waals surface area contributed by atoms with Crippen molar-refractivity contribution in [2.24, 2.45) is 5.92 Å². The van der Waals surface area contributed by atoms with Crippen LogP contribution in [0.25, 0.3) is 0 Å². The van der Waals surface area contributed by atoms with Crippen molar-refractivity contribution in [1.29, 1.82) is 0 Å². The molecule has 1 aromatic rings. The minimum atomic E-state index is -0.0522. The second-order valence-electron chi connectivity index (χ2n) is 6.17. The monoisotopic (exact) mass is 277 g/mol. The largest absolute Gasteiger partial charge is 0.310 e. The highest BCUT2D eigenvalue weighted by Crippen LogP contribution is 2.34. The Bertz CT molecular complexity index is 408. The molecule has 1 aliphatic carbocycles. The first-order valence-electron chi connectivity index (χ1n) is 8.21. The van der Waals surface area contributed by atoms with Crippen molar-refractivity contribution in [2.75, 3.05) is 6.54 Å². The molecule has 112 valence electrons. The van der Waals surface area contributed by atoms with Gasteiger partial charge in [-0.3, -0.25) is 0 Å². The molecule has 2 heteroatoms. The summed E-state index contributed by atoms with van der Waals surface area (Å²) < 4.78 is 14.2. The van der Waals surface area contributed by atoms with Crippen molar-refractivity contribution in [3.8, 4) is 0 Å². The van der Waals surface area contributed by atoms with Gasteiger partial charge in [-0.2, -0.15) is 0 Å². The van der Waals surface area contributed by atoms with Crippen LogP contribution in [0.2, 0.25) is 0 Å². The van der Waals surface area contributed by atoms with E-state index < -0.39 is 0 Å². The minimum absolute atomic E-state index is 0.0522. The highest BCUT2D eigenvalue weighted by Gasteiger charge is 2.25. The van der Waals surface area contributed by atoms with Gasteiger partial charge in [0.2, 0.25) is 0 Å². The van der Waals surface area contributed by atoms with Gasteiger partial charge in [-0.1, -0.05) is 56.7 Å². The number of rotatable bonds is 4. The number of nitrogens with one attached hydrogen (secondary N) is 1. The van der Waals surface area contributed by atoms with Crippen LogP contribution in [0, 0.1) is 18.7 Å². The maximum Gasteiger partial charge on any atom is 0.128 e. The molecule has 1 aromatic carbocycles. The molecule has 0 bridgehead atoms. The third-order valence-electron chi connectivity index (χ3n) is 4.53. The molecule has 0 heterocycles. The molecule has 0 amide bonds. The Balaban J connectivity index is 2.21. The Morgan fingerprint density at radius 3 is 2.45 bits per heavy atom. The molecule has 0 saturated heterocycles. The Kier molecular flexibility index (Phi) is 6.03. The van der Waals surface area contributed by atoms with Crippen molar-refractivity contribution in [2.45, 2.75) is 64.8 Å². The lowest BCUT2D eigenvalue weighted by atomic mass is 9.82. The van der Waals surface area contributed by atoms with Gasteiger partial charge in [-0.15, -0.1) is 0 Å². The van der Waals surface area contributed by atoms with Gasteiger partial charge in [0.1, 0.15) is 5.82 Å². The van der Waals surface area contributed by atoms with Gasteiger partial charge < -0.3 is 5.32 Å². The van der Waals surface area contributed by atoms with Gasteiger partial charge in [-0.05, 0) is 38.3 Å². The summed E-state index contributed by atoms with van der Waals surface area (Å²) in [4.78, 5) is 0. The lowest BCUT2D eigenvalue weighted by Gasteiger charge is -2.30. The van der Waals surface area contributed by atoms with Crippen LogP contribution in [0.3, 0.4) is 0 Å². The third-order valence-corrected chi connectivity index (χ3v) is 4.53. The number of benzene rings is 1. The van der Waals surface area contributed by atoms with E-state index in [0.29, 0.717) is 5.92 Å². The van der Waals surface area contributed by atoms with E-state index >= 15 is 0 Å². The van der Waals surface area contributed by atoms with Crippen molar-refractivity contribution in [1.82, 2.24) is 5.32 Å². The molecule has 0 spiro atoms. The van der Waals surface area contributed by atoms with Crippen molar-refractivity contribution in [3.05, 3.63) is 35.1 Å². The quantitative estimate of drug-likeness (QED) is 0.803. The van der Waals surface area contributed by atoms with Crippen LogP contribution >= 0.6 is 0 Å². The van der Waals surface area contributed by atoms with E-state index in [-0.39, 0.29) is 11.9 Å². The lowest BCUT2D eigenvalue weighted by Crippen LogP contribution is -2.29.